The lowest BCUT2D eigenvalue weighted by molar-refractivity contribution is -0.683. The van der Waals surface area contributed by atoms with E-state index >= 15 is 0 Å². The zero-order valence-corrected chi connectivity index (χ0v) is 2.90. The van der Waals surface area contributed by atoms with Crippen LogP contribution in [-0.4, -0.2) is 11.2 Å². The quantitative estimate of drug-likeness (QED) is 0.266. The molecular weight excluding hydrogens is 115 g/mol. The molecule has 0 aromatic rings. The minimum Gasteiger partial charge on any atom is -0.257 e. The zero-order chi connectivity index (χ0) is 6.08. The molecule has 0 N–H and O–H groups in total. The molecule has 0 saturated carbocycles. The summed E-state index contributed by atoms with van der Waals surface area (Å²) in [6.07, 6.45) is -5.28. The standard InChI is InChI=1S/CF3NO2/c2-1(3,4)5(6)7. The molecule has 0 spiro atoms. The summed E-state index contributed by atoms with van der Waals surface area (Å²) in [5.74, 6) is 0. The van der Waals surface area contributed by atoms with E-state index in [1.54, 1.807) is 0 Å². The number of halogens is 3. The van der Waals surface area contributed by atoms with E-state index in [4.69, 9.17) is 10.1 Å². The van der Waals surface area contributed by atoms with Crippen molar-refractivity contribution in [3.05, 3.63) is 10.1 Å². The average molecular weight is 115 g/mol. The Hall–Kier alpha value is -0.810. The van der Waals surface area contributed by atoms with Gasteiger partial charge in [-0.15, -0.1) is 13.2 Å². The summed E-state index contributed by atoms with van der Waals surface area (Å²) in [6.45, 7) is 0. The highest BCUT2D eigenvalue weighted by atomic mass is 19.4. The fraction of sp³-hybridized carbons (Fsp3) is 1.00. The summed E-state index contributed by atoms with van der Waals surface area (Å²) in [5.41, 5.74) is 0. The largest absolute Gasteiger partial charge is 0.688 e. The first-order valence-corrected chi connectivity index (χ1v) is 1.16. The van der Waals surface area contributed by atoms with Gasteiger partial charge in [0.05, 0.1) is 0 Å². The molecule has 0 aliphatic rings. The van der Waals surface area contributed by atoms with E-state index in [-0.39, 0.29) is 0 Å². The molecule has 3 nitrogen and oxygen atoms in total. The van der Waals surface area contributed by atoms with Crippen molar-refractivity contribution < 1.29 is 18.1 Å². The van der Waals surface area contributed by atoms with Gasteiger partial charge in [0.15, 0.2) is 0 Å². The number of nitro groups is 1. The van der Waals surface area contributed by atoms with Crippen LogP contribution in [0.2, 0.25) is 0 Å². The minimum absolute atomic E-state index is 2.31. The van der Waals surface area contributed by atoms with Crippen molar-refractivity contribution in [1.82, 2.24) is 0 Å². The van der Waals surface area contributed by atoms with Crippen LogP contribution in [0.3, 0.4) is 0 Å². The van der Waals surface area contributed by atoms with Gasteiger partial charge >= 0.3 is 6.30 Å². The van der Waals surface area contributed by atoms with Gasteiger partial charge in [0.25, 0.3) is 0 Å². The molecule has 0 aliphatic carbocycles. The smallest absolute Gasteiger partial charge is 0.257 e. The van der Waals surface area contributed by atoms with Gasteiger partial charge in [0, 0.05) is 0 Å². The molecule has 0 heterocycles. The van der Waals surface area contributed by atoms with Gasteiger partial charge < -0.3 is 0 Å². The third kappa shape index (κ3) is 1.96. The van der Waals surface area contributed by atoms with Gasteiger partial charge in [0.1, 0.15) is 4.92 Å². The summed E-state index contributed by atoms with van der Waals surface area (Å²) in [4.78, 5) is 6.39. The van der Waals surface area contributed by atoms with Crippen molar-refractivity contribution in [1.29, 1.82) is 0 Å². The Morgan fingerprint density at radius 2 is 1.57 bits per heavy atom. The second-order valence-corrected chi connectivity index (χ2v) is 0.725. The van der Waals surface area contributed by atoms with Crippen LogP contribution in [0.1, 0.15) is 0 Å². The molecule has 42 valence electrons. The van der Waals surface area contributed by atoms with Gasteiger partial charge in [-0.1, -0.05) is 0 Å². The highest BCUT2D eigenvalue weighted by Crippen LogP contribution is 2.13. The van der Waals surface area contributed by atoms with Crippen LogP contribution in [0.25, 0.3) is 0 Å². The molecule has 0 aromatic carbocycles. The van der Waals surface area contributed by atoms with Crippen molar-refractivity contribution in [3.63, 3.8) is 0 Å². The first-order chi connectivity index (χ1) is 2.94. The van der Waals surface area contributed by atoms with Crippen LogP contribution >= 0.6 is 0 Å². The third-order valence-electron chi connectivity index (χ3n) is 0.207. The zero-order valence-electron chi connectivity index (χ0n) is 2.90. The van der Waals surface area contributed by atoms with Crippen LogP contribution in [0.15, 0.2) is 0 Å². The first-order valence-electron chi connectivity index (χ1n) is 1.16. The highest BCUT2D eigenvalue weighted by Gasteiger charge is 2.44. The lowest BCUT2D eigenvalue weighted by Gasteiger charge is -1.89. The Kier molecular flexibility index (Phi) is 1.20. The van der Waals surface area contributed by atoms with Crippen LogP contribution in [-0.2, 0) is 0 Å². The Labute approximate surface area is 35.9 Å². The molecule has 7 heavy (non-hydrogen) atoms. The third-order valence-corrected chi connectivity index (χ3v) is 0.207. The molecule has 0 aliphatic heterocycles. The predicted molar refractivity (Wildman–Crippen MR) is 13.0 cm³/mol. The number of hydrogen-bond donors (Lipinski definition) is 0. The second-order valence-electron chi connectivity index (χ2n) is 0.725. The van der Waals surface area contributed by atoms with Crippen molar-refractivity contribution in [2.75, 3.05) is 0 Å². The van der Waals surface area contributed by atoms with Gasteiger partial charge in [-0.3, -0.25) is 10.1 Å². The van der Waals surface area contributed by atoms with E-state index in [2.05, 4.69) is 0 Å². The van der Waals surface area contributed by atoms with Gasteiger partial charge in [-0.05, 0) is 0 Å². The SMILES string of the molecule is O=[N+]([O-])C(F)(F)F. The predicted octanol–water partition coefficient (Wildman–Crippen LogP) is 0.783. The summed E-state index contributed by atoms with van der Waals surface area (Å²) >= 11 is 0. The van der Waals surface area contributed by atoms with Gasteiger partial charge in [-0.2, -0.15) is 0 Å². The van der Waals surface area contributed by atoms with E-state index in [1.165, 1.54) is 0 Å². The van der Waals surface area contributed by atoms with E-state index in [0.717, 1.165) is 0 Å². The van der Waals surface area contributed by atoms with Gasteiger partial charge in [-0.25, -0.2) is 0 Å². The van der Waals surface area contributed by atoms with E-state index < -0.39 is 11.2 Å². The molecule has 0 aromatic heterocycles. The molecule has 0 fully saturated rings. The van der Waals surface area contributed by atoms with Crippen LogP contribution in [0.5, 0.6) is 0 Å². The van der Waals surface area contributed by atoms with E-state index in [1.807, 2.05) is 0 Å². The number of hydrogen-bond acceptors (Lipinski definition) is 2. The fourth-order valence-electron chi connectivity index (χ4n) is 0. The summed E-state index contributed by atoms with van der Waals surface area (Å²) in [6, 6.07) is 0. The fourth-order valence-corrected chi connectivity index (χ4v) is 0. The Morgan fingerprint density at radius 3 is 1.57 bits per heavy atom. The topological polar surface area (TPSA) is 43.1 Å². The molecule has 0 saturated heterocycles. The molecule has 6 heteroatoms. The maximum atomic E-state index is 10.5. The van der Waals surface area contributed by atoms with Crippen molar-refractivity contribution in [2.24, 2.45) is 0 Å². The maximum absolute atomic E-state index is 10.5. The molecule has 0 bridgehead atoms. The average Bonchev–Trinajstić information content (AvgIpc) is 1.31. The summed E-state index contributed by atoms with van der Waals surface area (Å²) in [7, 11) is 0. The number of alkyl halides is 3. The summed E-state index contributed by atoms with van der Waals surface area (Å²) < 4.78 is 31.4. The minimum atomic E-state index is -5.28. The molecule has 0 unspecified atom stereocenters. The van der Waals surface area contributed by atoms with Gasteiger partial charge in [0.2, 0.25) is 0 Å². The van der Waals surface area contributed by atoms with E-state index in [0.29, 0.717) is 0 Å². The van der Waals surface area contributed by atoms with Crippen molar-refractivity contribution in [2.45, 2.75) is 6.30 Å². The molecule has 0 rings (SSSR count). The lowest BCUT2D eigenvalue weighted by atomic mass is 11.2. The Balaban J connectivity index is 3.79. The molecular formula is CF3NO2. The first kappa shape index (κ1) is 6.19. The van der Waals surface area contributed by atoms with E-state index in [9.17, 15) is 13.2 Å². The van der Waals surface area contributed by atoms with Crippen LogP contribution in [0, 0.1) is 10.1 Å². The number of nitrogens with zero attached hydrogens (tertiary/aromatic N) is 1. The van der Waals surface area contributed by atoms with Crippen molar-refractivity contribution >= 4 is 0 Å². The van der Waals surface area contributed by atoms with Crippen molar-refractivity contribution in [3.8, 4) is 0 Å². The monoisotopic (exact) mass is 115 g/mol. The van der Waals surface area contributed by atoms with Crippen LogP contribution < -0.4 is 0 Å². The van der Waals surface area contributed by atoms with Crippen LogP contribution in [0.4, 0.5) is 13.2 Å². The molecule has 0 amide bonds. The highest BCUT2D eigenvalue weighted by molar-refractivity contribution is 4.19. The normalized spacial score (nSPS) is 11.3. The molecule has 0 radical (unpaired) electrons. The maximum Gasteiger partial charge on any atom is 0.688 e. The number of rotatable bonds is 0. The second kappa shape index (κ2) is 1.36. The lowest BCUT2D eigenvalue weighted by Crippen LogP contribution is -2.20. The molecule has 0 atom stereocenters. The summed E-state index contributed by atoms with van der Waals surface area (Å²) in [5, 5.41) is 8.70. The Morgan fingerprint density at radius 1 is 1.43 bits per heavy atom. The Bertz CT molecular complexity index is 85.4.